The van der Waals surface area contributed by atoms with E-state index in [4.69, 9.17) is 0 Å². The summed E-state index contributed by atoms with van der Waals surface area (Å²) in [5.41, 5.74) is 0. The SMILES string of the molecule is CCCCCCCC(NCCC)C1CCCCC1. The number of nitrogens with one attached hydrogen (secondary N) is 1. The van der Waals surface area contributed by atoms with Gasteiger partial charge in [0.05, 0.1) is 0 Å². The molecule has 1 saturated carbocycles. The largest absolute Gasteiger partial charge is 0.314 e. The van der Waals surface area contributed by atoms with Gasteiger partial charge in [-0.3, -0.25) is 0 Å². The van der Waals surface area contributed by atoms with Crippen molar-refractivity contribution in [3.8, 4) is 0 Å². The maximum absolute atomic E-state index is 3.83. The van der Waals surface area contributed by atoms with Gasteiger partial charge in [0.25, 0.3) is 0 Å². The molecule has 0 saturated heterocycles. The molecule has 0 heterocycles. The molecule has 0 aliphatic heterocycles. The highest BCUT2D eigenvalue weighted by Crippen LogP contribution is 2.28. The molecule has 18 heavy (non-hydrogen) atoms. The van der Waals surface area contributed by atoms with Crippen molar-refractivity contribution in [2.24, 2.45) is 5.92 Å². The van der Waals surface area contributed by atoms with Crippen LogP contribution in [0.2, 0.25) is 0 Å². The first kappa shape index (κ1) is 16.0. The Morgan fingerprint density at radius 1 is 0.889 bits per heavy atom. The Labute approximate surface area is 115 Å². The van der Waals surface area contributed by atoms with Gasteiger partial charge >= 0.3 is 0 Å². The Balaban J connectivity index is 2.21. The van der Waals surface area contributed by atoms with Crippen LogP contribution in [0.1, 0.15) is 90.9 Å². The number of hydrogen-bond acceptors (Lipinski definition) is 1. The smallest absolute Gasteiger partial charge is 0.00953 e. The van der Waals surface area contributed by atoms with E-state index in [-0.39, 0.29) is 0 Å². The van der Waals surface area contributed by atoms with Gasteiger partial charge in [0.15, 0.2) is 0 Å². The summed E-state index contributed by atoms with van der Waals surface area (Å²) in [5, 5.41) is 3.83. The molecule has 0 bridgehead atoms. The van der Waals surface area contributed by atoms with Crippen molar-refractivity contribution >= 4 is 0 Å². The Morgan fingerprint density at radius 2 is 1.61 bits per heavy atom. The van der Waals surface area contributed by atoms with Gasteiger partial charge in [0.1, 0.15) is 0 Å². The Bertz CT molecular complexity index is 172. The summed E-state index contributed by atoms with van der Waals surface area (Å²) in [4.78, 5) is 0. The lowest BCUT2D eigenvalue weighted by molar-refractivity contribution is 0.253. The summed E-state index contributed by atoms with van der Waals surface area (Å²) >= 11 is 0. The molecule has 1 fully saturated rings. The summed E-state index contributed by atoms with van der Waals surface area (Å²) in [6, 6.07) is 0.826. The fourth-order valence-corrected chi connectivity index (χ4v) is 3.34. The third-order valence-electron chi connectivity index (χ3n) is 4.49. The van der Waals surface area contributed by atoms with Gasteiger partial charge in [0, 0.05) is 6.04 Å². The van der Waals surface area contributed by atoms with Crippen molar-refractivity contribution in [1.29, 1.82) is 0 Å². The highest BCUT2D eigenvalue weighted by Gasteiger charge is 2.22. The maximum Gasteiger partial charge on any atom is 0.00953 e. The van der Waals surface area contributed by atoms with E-state index in [1.165, 1.54) is 83.6 Å². The summed E-state index contributed by atoms with van der Waals surface area (Å²) in [7, 11) is 0. The van der Waals surface area contributed by atoms with E-state index in [9.17, 15) is 0 Å². The monoisotopic (exact) mass is 253 g/mol. The molecule has 0 aromatic rings. The minimum absolute atomic E-state index is 0.826. The number of unbranched alkanes of at least 4 members (excludes halogenated alkanes) is 4. The van der Waals surface area contributed by atoms with E-state index in [0.29, 0.717) is 0 Å². The average molecular weight is 253 g/mol. The molecule has 1 N–H and O–H groups in total. The highest BCUT2D eigenvalue weighted by molar-refractivity contribution is 4.79. The van der Waals surface area contributed by atoms with E-state index >= 15 is 0 Å². The third-order valence-corrected chi connectivity index (χ3v) is 4.49. The first-order chi connectivity index (χ1) is 8.88. The topological polar surface area (TPSA) is 12.0 Å². The molecule has 108 valence electrons. The van der Waals surface area contributed by atoms with E-state index in [1.54, 1.807) is 0 Å². The van der Waals surface area contributed by atoms with E-state index < -0.39 is 0 Å². The number of rotatable bonds is 10. The van der Waals surface area contributed by atoms with Crippen LogP contribution >= 0.6 is 0 Å². The van der Waals surface area contributed by atoms with Crippen molar-refractivity contribution in [2.75, 3.05) is 6.54 Å². The first-order valence-corrected chi connectivity index (χ1v) is 8.61. The molecule has 1 nitrogen and oxygen atoms in total. The fourth-order valence-electron chi connectivity index (χ4n) is 3.34. The summed E-state index contributed by atoms with van der Waals surface area (Å²) in [6.07, 6.45) is 17.2. The summed E-state index contributed by atoms with van der Waals surface area (Å²) in [6.45, 7) is 5.80. The average Bonchev–Trinajstić information content (AvgIpc) is 2.43. The molecule has 0 spiro atoms. The molecule has 0 amide bonds. The molecule has 1 unspecified atom stereocenters. The van der Waals surface area contributed by atoms with Crippen LogP contribution in [0, 0.1) is 5.92 Å². The first-order valence-electron chi connectivity index (χ1n) is 8.61. The second kappa shape index (κ2) is 10.8. The second-order valence-electron chi connectivity index (χ2n) is 6.16. The zero-order valence-electron chi connectivity index (χ0n) is 12.8. The van der Waals surface area contributed by atoms with Gasteiger partial charge in [-0.15, -0.1) is 0 Å². The van der Waals surface area contributed by atoms with Crippen LogP contribution in [-0.4, -0.2) is 12.6 Å². The van der Waals surface area contributed by atoms with E-state index in [1.807, 2.05) is 0 Å². The molecule has 1 atom stereocenters. The third kappa shape index (κ3) is 6.78. The second-order valence-corrected chi connectivity index (χ2v) is 6.16. The van der Waals surface area contributed by atoms with Crippen molar-refractivity contribution < 1.29 is 0 Å². The van der Waals surface area contributed by atoms with Crippen molar-refractivity contribution in [3.63, 3.8) is 0 Å². The molecule has 1 aliphatic rings. The van der Waals surface area contributed by atoms with Crippen LogP contribution in [0.3, 0.4) is 0 Å². The predicted molar refractivity (Wildman–Crippen MR) is 82.0 cm³/mol. The predicted octanol–water partition coefficient (Wildman–Crippen LogP) is 5.30. The zero-order chi connectivity index (χ0) is 13.1. The lowest BCUT2D eigenvalue weighted by Gasteiger charge is -2.31. The lowest BCUT2D eigenvalue weighted by atomic mass is 9.82. The van der Waals surface area contributed by atoms with Crippen LogP contribution in [0.5, 0.6) is 0 Å². The van der Waals surface area contributed by atoms with Gasteiger partial charge < -0.3 is 5.32 Å². The van der Waals surface area contributed by atoms with E-state index in [0.717, 1.165) is 12.0 Å². The maximum atomic E-state index is 3.83. The van der Waals surface area contributed by atoms with Gasteiger partial charge in [-0.25, -0.2) is 0 Å². The molecular weight excluding hydrogens is 218 g/mol. The lowest BCUT2D eigenvalue weighted by Crippen LogP contribution is -2.37. The Hall–Kier alpha value is -0.0400. The quantitative estimate of drug-likeness (QED) is 0.521. The zero-order valence-corrected chi connectivity index (χ0v) is 12.8. The summed E-state index contributed by atoms with van der Waals surface area (Å²) < 4.78 is 0. The highest BCUT2D eigenvalue weighted by atomic mass is 14.9. The molecule has 0 aromatic carbocycles. The number of hydrogen-bond donors (Lipinski definition) is 1. The van der Waals surface area contributed by atoms with Gasteiger partial charge in [-0.1, -0.05) is 65.2 Å². The van der Waals surface area contributed by atoms with Crippen LogP contribution < -0.4 is 5.32 Å². The summed E-state index contributed by atoms with van der Waals surface area (Å²) in [5.74, 6) is 0.983. The van der Waals surface area contributed by atoms with Crippen LogP contribution in [0.4, 0.5) is 0 Å². The van der Waals surface area contributed by atoms with Gasteiger partial charge in [-0.2, -0.15) is 0 Å². The Kier molecular flexibility index (Phi) is 9.65. The van der Waals surface area contributed by atoms with Crippen molar-refractivity contribution in [2.45, 2.75) is 96.9 Å². The van der Waals surface area contributed by atoms with Crippen molar-refractivity contribution in [3.05, 3.63) is 0 Å². The van der Waals surface area contributed by atoms with Gasteiger partial charge in [-0.05, 0) is 38.1 Å². The normalized spacial score (nSPS) is 19.0. The van der Waals surface area contributed by atoms with E-state index in [2.05, 4.69) is 19.2 Å². The fraction of sp³-hybridized carbons (Fsp3) is 1.00. The molecule has 1 heteroatoms. The minimum Gasteiger partial charge on any atom is -0.314 e. The standard InChI is InChI=1S/C17H35N/c1-3-5-6-7-11-14-17(18-15-4-2)16-12-9-8-10-13-16/h16-18H,3-15H2,1-2H3. The van der Waals surface area contributed by atoms with Crippen LogP contribution in [0.15, 0.2) is 0 Å². The minimum atomic E-state index is 0.826. The van der Waals surface area contributed by atoms with Crippen molar-refractivity contribution in [1.82, 2.24) is 5.32 Å². The molecular formula is C17H35N. The molecule has 0 aromatic heterocycles. The molecule has 1 rings (SSSR count). The molecule has 0 radical (unpaired) electrons. The van der Waals surface area contributed by atoms with Crippen LogP contribution in [0.25, 0.3) is 0 Å². The molecule has 1 aliphatic carbocycles. The van der Waals surface area contributed by atoms with Gasteiger partial charge in [0.2, 0.25) is 0 Å². The Morgan fingerprint density at radius 3 is 2.28 bits per heavy atom. The van der Waals surface area contributed by atoms with Crippen LogP contribution in [-0.2, 0) is 0 Å².